The predicted molar refractivity (Wildman–Crippen MR) is 68.8 cm³/mol. The molecule has 2 aromatic rings. The van der Waals surface area contributed by atoms with Crippen molar-refractivity contribution in [1.29, 1.82) is 0 Å². The van der Waals surface area contributed by atoms with Crippen LogP contribution in [0.3, 0.4) is 0 Å². The number of carbonyl (C=O) groups is 2. The normalized spacial score (nSPS) is 10.2. The number of tetrazole rings is 1. The van der Waals surface area contributed by atoms with E-state index in [1.165, 1.54) is 4.90 Å². The van der Waals surface area contributed by atoms with Crippen molar-refractivity contribution in [3.8, 4) is 11.4 Å². The number of benzene rings is 1. The summed E-state index contributed by atoms with van der Waals surface area (Å²) in [7, 11) is 0. The van der Waals surface area contributed by atoms with Crippen LogP contribution in [0.25, 0.3) is 11.4 Å². The molecule has 0 aliphatic heterocycles. The fourth-order valence-corrected chi connectivity index (χ4v) is 1.72. The van der Waals surface area contributed by atoms with Crippen LogP contribution < -0.4 is 0 Å². The molecular weight excluding hydrogens is 262 g/mol. The number of hydrogen-bond donors (Lipinski definition) is 2. The van der Waals surface area contributed by atoms with Crippen LogP contribution in [0.1, 0.15) is 17.3 Å². The number of hydrogen-bond acceptors (Lipinski definition) is 5. The Kier molecular flexibility index (Phi) is 4.04. The molecule has 1 heterocycles. The van der Waals surface area contributed by atoms with Crippen molar-refractivity contribution in [3.63, 3.8) is 0 Å². The third-order valence-electron chi connectivity index (χ3n) is 2.73. The Balaban J connectivity index is 2.16. The Morgan fingerprint density at radius 1 is 1.30 bits per heavy atom. The standard InChI is InChI=1S/C12H13N5O3/c1-2-17(7-10(18)19)12(20)9-5-3-8(4-6-9)11-13-15-16-14-11/h3-6H,2,7H2,1H3,(H,18,19)(H,13,14,15,16). The molecule has 0 radical (unpaired) electrons. The van der Waals surface area contributed by atoms with E-state index in [-0.39, 0.29) is 12.5 Å². The topological polar surface area (TPSA) is 112 Å². The van der Waals surface area contributed by atoms with Crippen LogP contribution in [-0.4, -0.2) is 55.6 Å². The first-order valence-corrected chi connectivity index (χ1v) is 5.96. The van der Waals surface area contributed by atoms with Crippen LogP contribution in [0, 0.1) is 0 Å². The summed E-state index contributed by atoms with van der Waals surface area (Å²) < 4.78 is 0. The quantitative estimate of drug-likeness (QED) is 0.817. The molecular formula is C12H13N5O3. The van der Waals surface area contributed by atoms with Gasteiger partial charge in [0, 0.05) is 17.7 Å². The fourth-order valence-electron chi connectivity index (χ4n) is 1.72. The van der Waals surface area contributed by atoms with E-state index < -0.39 is 5.97 Å². The zero-order valence-corrected chi connectivity index (χ0v) is 10.8. The van der Waals surface area contributed by atoms with E-state index >= 15 is 0 Å². The van der Waals surface area contributed by atoms with Crippen molar-refractivity contribution in [1.82, 2.24) is 25.5 Å². The fraction of sp³-hybridized carbons (Fsp3) is 0.250. The zero-order chi connectivity index (χ0) is 14.5. The summed E-state index contributed by atoms with van der Waals surface area (Å²) in [6, 6.07) is 6.59. The Morgan fingerprint density at radius 2 is 2.00 bits per heavy atom. The highest BCUT2D eigenvalue weighted by atomic mass is 16.4. The summed E-state index contributed by atoms with van der Waals surface area (Å²) in [6.45, 7) is 1.74. The zero-order valence-electron chi connectivity index (χ0n) is 10.8. The summed E-state index contributed by atoms with van der Waals surface area (Å²) in [5.41, 5.74) is 1.14. The molecule has 2 rings (SSSR count). The molecule has 2 N–H and O–H groups in total. The van der Waals surface area contributed by atoms with Gasteiger partial charge in [0.25, 0.3) is 5.91 Å². The van der Waals surface area contributed by atoms with Gasteiger partial charge in [-0.25, -0.2) is 0 Å². The maximum absolute atomic E-state index is 12.1. The number of carboxylic acid groups (broad SMARTS) is 1. The van der Waals surface area contributed by atoms with Gasteiger partial charge >= 0.3 is 5.97 Å². The number of amides is 1. The number of aromatic nitrogens is 4. The lowest BCUT2D eigenvalue weighted by Gasteiger charge is -2.18. The summed E-state index contributed by atoms with van der Waals surface area (Å²) in [6.07, 6.45) is 0. The minimum atomic E-state index is -1.04. The van der Waals surface area contributed by atoms with Gasteiger partial charge in [0.2, 0.25) is 5.82 Å². The first-order chi connectivity index (χ1) is 9.61. The predicted octanol–water partition coefficient (Wildman–Crippen LogP) is 0.413. The van der Waals surface area contributed by atoms with E-state index in [4.69, 9.17) is 5.11 Å². The molecule has 0 bridgehead atoms. The smallest absolute Gasteiger partial charge is 0.323 e. The number of likely N-dealkylation sites (N-methyl/N-ethyl adjacent to an activating group) is 1. The number of rotatable bonds is 5. The Labute approximate surface area is 114 Å². The van der Waals surface area contributed by atoms with Gasteiger partial charge in [0.05, 0.1) is 0 Å². The molecule has 1 amide bonds. The highest BCUT2D eigenvalue weighted by Crippen LogP contribution is 2.15. The van der Waals surface area contributed by atoms with Crippen molar-refractivity contribution in [2.75, 3.05) is 13.1 Å². The van der Waals surface area contributed by atoms with Gasteiger partial charge < -0.3 is 10.0 Å². The number of nitrogens with zero attached hydrogens (tertiary/aromatic N) is 4. The van der Waals surface area contributed by atoms with Gasteiger partial charge in [-0.1, -0.05) is 12.1 Å². The summed E-state index contributed by atoms with van der Waals surface area (Å²) in [4.78, 5) is 24.1. The maximum Gasteiger partial charge on any atom is 0.323 e. The van der Waals surface area contributed by atoms with E-state index in [0.717, 1.165) is 5.56 Å². The van der Waals surface area contributed by atoms with Crippen molar-refractivity contribution < 1.29 is 14.7 Å². The van der Waals surface area contributed by atoms with Gasteiger partial charge in [-0.05, 0) is 24.3 Å². The molecule has 104 valence electrons. The number of H-pyrrole nitrogens is 1. The second-order valence-electron chi connectivity index (χ2n) is 4.03. The van der Waals surface area contributed by atoms with Crippen LogP contribution >= 0.6 is 0 Å². The minimum absolute atomic E-state index is 0.318. The molecule has 0 saturated heterocycles. The second kappa shape index (κ2) is 5.91. The number of carboxylic acids is 1. The number of aliphatic carboxylic acids is 1. The number of nitrogens with one attached hydrogen (secondary N) is 1. The monoisotopic (exact) mass is 275 g/mol. The first kappa shape index (κ1) is 13.7. The van der Waals surface area contributed by atoms with Gasteiger partial charge in [-0.3, -0.25) is 9.59 Å². The third-order valence-corrected chi connectivity index (χ3v) is 2.73. The third kappa shape index (κ3) is 2.97. The number of aromatic amines is 1. The van der Waals surface area contributed by atoms with E-state index in [1.54, 1.807) is 31.2 Å². The van der Waals surface area contributed by atoms with E-state index in [2.05, 4.69) is 20.6 Å². The number of carbonyl (C=O) groups excluding carboxylic acids is 1. The van der Waals surface area contributed by atoms with Gasteiger partial charge in [-0.15, -0.1) is 10.2 Å². The summed E-state index contributed by atoms with van der Waals surface area (Å²) in [5.74, 6) is -0.930. The molecule has 8 nitrogen and oxygen atoms in total. The van der Waals surface area contributed by atoms with Crippen LogP contribution in [0.15, 0.2) is 24.3 Å². The average Bonchev–Trinajstić information content (AvgIpc) is 2.98. The maximum atomic E-state index is 12.1. The molecule has 1 aromatic heterocycles. The van der Waals surface area contributed by atoms with E-state index in [1.807, 2.05) is 0 Å². The second-order valence-corrected chi connectivity index (χ2v) is 4.03. The molecule has 0 saturated carbocycles. The average molecular weight is 275 g/mol. The highest BCUT2D eigenvalue weighted by molar-refractivity contribution is 5.96. The molecule has 0 unspecified atom stereocenters. The van der Waals surface area contributed by atoms with Gasteiger partial charge in [0.15, 0.2) is 0 Å². The molecule has 20 heavy (non-hydrogen) atoms. The lowest BCUT2D eigenvalue weighted by Crippen LogP contribution is -2.35. The van der Waals surface area contributed by atoms with Crippen LogP contribution in [0.5, 0.6) is 0 Å². The van der Waals surface area contributed by atoms with Crippen molar-refractivity contribution in [2.45, 2.75) is 6.92 Å². The molecule has 0 fully saturated rings. The lowest BCUT2D eigenvalue weighted by molar-refractivity contribution is -0.137. The van der Waals surface area contributed by atoms with Crippen LogP contribution in [0.4, 0.5) is 0 Å². The largest absolute Gasteiger partial charge is 0.480 e. The highest BCUT2D eigenvalue weighted by Gasteiger charge is 2.17. The van der Waals surface area contributed by atoms with Crippen molar-refractivity contribution in [2.24, 2.45) is 0 Å². The SMILES string of the molecule is CCN(CC(=O)O)C(=O)c1ccc(-c2nn[nH]n2)cc1. The van der Waals surface area contributed by atoms with Gasteiger partial charge in [0.1, 0.15) is 6.54 Å². The first-order valence-electron chi connectivity index (χ1n) is 5.96. The summed E-state index contributed by atoms with van der Waals surface area (Å²) >= 11 is 0. The molecule has 0 aliphatic rings. The van der Waals surface area contributed by atoms with Crippen LogP contribution in [0.2, 0.25) is 0 Å². The van der Waals surface area contributed by atoms with E-state index in [9.17, 15) is 9.59 Å². The Bertz CT molecular complexity index is 594. The molecule has 0 aliphatic carbocycles. The summed E-state index contributed by atoms with van der Waals surface area (Å²) in [5, 5.41) is 22.2. The Morgan fingerprint density at radius 3 is 2.50 bits per heavy atom. The lowest BCUT2D eigenvalue weighted by atomic mass is 10.1. The minimum Gasteiger partial charge on any atom is -0.480 e. The molecule has 0 spiro atoms. The molecule has 1 aromatic carbocycles. The van der Waals surface area contributed by atoms with E-state index in [0.29, 0.717) is 17.9 Å². The molecule has 0 atom stereocenters. The van der Waals surface area contributed by atoms with Crippen LogP contribution in [-0.2, 0) is 4.79 Å². The van der Waals surface area contributed by atoms with Crippen molar-refractivity contribution >= 4 is 11.9 Å². The Hall–Kier alpha value is -2.77. The molecule has 8 heteroatoms. The van der Waals surface area contributed by atoms with Gasteiger partial charge in [-0.2, -0.15) is 5.21 Å². The van der Waals surface area contributed by atoms with Crippen molar-refractivity contribution in [3.05, 3.63) is 29.8 Å².